The molecule has 0 aliphatic carbocycles. The molecule has 0 aliphatic rings. The lowest BCUT2D eigenvalue weighted by Crippen LogP contribution is -2.35. The van der Waals surface area contributed by atoms with Gasteiger partial charge in [0.2, 0.25) is 0 Å². The van der Waals surface area contributed by atoms with Crippen molar-refractivity contribution in [2.24, 2.45) is 7.05 Å². The van der Waals surface area contributed by atoms with E-state index in [9.17, 15) is 4.79 Å². The second kappa shape index (κ2) is 6.55. The topological polar surface area (TPSA) is 68.2 Å². The minimum Gasteiger partial charge on any atom is -0.331 e. The summed E-state index contributed by atoms with van der Waals surface area (Å²) in [6.07, 6.45) is 1.68. The van der Waals surface area contributed by atoms with Crippen LogP contribution in [0.4, 0.5) is 4.79 Å². The Balaban J connectivity index is 1.66. The van der Waals surface area contributed by atoms with Crippen molar-refractivity contribution in [3.63, 3.8) is 0 Å². The first-order valence-corrected chi connectivity index (χ1v) is 5.92. The molecule has 0 unspecified atom stereocenters. The van der Waals surface area contributed by atoms with Gasteiger partial charge in [0, 0.05) is 13.2 Å². The van der Waals surface area contributed by atoms with Gasteiger partial charge in [0.1, 0.15) is 0 Å². The lowest BCUT2D eigenvalue weighted by Gasteiger charge is -2.08. The van der Waals surface area contributed by atoms with Gasteiger partial charge in [-0.15, -0.1) is 0 Å². The number of amides is 2. The quantitative estimate of drug-likeness (QED) is 0.797. The highest BCUT2D eigenvalue weighted by molar-refractivity contribution is 5.72. The van der Waals surface area contributed by atoms with E-state index in [-0.39, 0.29) is 6.03 Å². The molecule has 2 rings (SSSR count). The van der Waals surface area contributed by atoms with Crippen molar-refractivity contribution in [3.05, 3.63) is 53.9 Å². The van der Waals surface area contributed by atoms with Crippen molar-refractivity contribution in [1.82, 2.24) is 20.6 Å². The van der Waals surface area contributed by atoms with Crippen LogP contribution in [0.25, 0.3) is 0 Å². The fraction of sp³-hybridized carbons (Fsp3) is 0.231. The summed E-state index contributed by atoms with van der Waals surface area (Å²) in [6.45, 7) is 0.733. The fourth-order valence-electron chi connectivity index (χ4n) is 1.54. The van der Waals surface area contributed by atoms with Gasteiger partial charge >= 0.3 is 6.03 Å². The predicted octanol–water partition coefficient (Wildman–Crippen LogP) is 1.35. The summed E-state index contributed by atoms with van der Waals surface area (Å²) in [5.41, 5.74) is 4.24. The minimum absolute atomic E-state index is 0.333. The van der Waals surface area contributed by atoms with Gasteiger partial charge in [0.25, 0.3) is 0 Å². The number of rotatable bonds is 5. The van der Waals surface area contributed by atoms with E-state index in [1.807, 2.05) is 43.4 Å². The molecule has 0 radical (unpaired) electrons. The van der Waals surface area contributed by atoms with Crippen LogP contribution in [0, 0.1) is 0 Å². The van der Waals surface area contributed by atoms with E-state index in [1.165, 1.54) is 0 Å². The minimum atomic E-state index is -0.378. The third kappa shape index (κ3) is 4.11. The van der Waals surface area contributed by atoms with Crippen LogP contribution in [0.3, 0.4) is 0 Å². The van der Waals surface area contributed by atoms with Gasteiger partial charge in [-0.1, -0.05) is 30.3 Å². The van der Waals surface area contributed by atoms with Crippen LogP contribution in [0.1, 0.15) is 11.3 Å². The Morgan fingerprint density at radius 3 is 2.79 bits per heavy atom. The molecule has 0 fully saturated rings. The molecule has 0 spiro atoms. The van der Waals surface area contributed by atoms with Crippen molar-refractivity contribution in [2.75, 3.05) is 0 Å². The SMILES string of the molecule is Cn1nccc1CNC(=O)NOCc1ccccc1. The maximum Gasteiger partial charge on any atom is 0.339 e. The van der Waals surface area contributed by atoms with Crippen LogP contribution in [-0.2, 0) is 25.0 Å². The Morgan fingerprint density at radius 1 is 1.32 bits per heavy atom. The number of benzene rings is 1. The van der Waals surface area contributed by atoms with E-state index in [0.717, 1.165) is 11.3 Å². The van der Waals surface area contributed by atoms with Crippen molar-refractivity contribution in [1.29, 1.82) is 0 Å². The lowest BCUT2D eigenvalue weighted by atomic mass is 10.2. The number of nitrogens with zero attached hydrogens (tertiary/aromatic N) is 2. The number of nitrogens with one attached hydrogen (secondary N) is 2. The first kappa shape index (κ1) is 13.1. The van der Waals surface area contributed by atoms with Crippen LogP contribution in [0.15, 0.2) is 42.6 Å². The number of urea groups is 1. The zero-order valence-corrected chi connectivity index (χ0v) is 10.7. The molecule has 1 aromatic carbocycles. The molecule has 2 aromatic rings. The fourth-order valence-corrected chi connectivity index (χ4v) is 1.54. The van der Waals surface area contributed by atoms with Gasteiger partial charge in [0.05, 0.1) is 18.8 Å². The molecule has 0 bridgehead atoms. The maximum absolute atomic E-state index is 11.5. The zero-order chi connectivity index (χ0) is 13.5. The van der Waals surface area contributed by atoms with Crippen LogP contribution >= 0.6 is 0 Å². The Labute approximate surface area is 111 Å². The van der Waals surface area contributed by atoms with E-state index in [1.54, 1.807) is 10.9 Å². The summed E-state index contributed by atoms with van der Waals surface area (Å²) in [5, 5.41) is 6.69. The number of aromatic nitrogens is 2. The highest BCUT2D eigenvalue weighted by Gasteiger charge is 2.02. The summed E-state index contributed by atoms with van der Waals surface area (Å²) >= 11 is 0. The molecule has 2 amide bonds. The molecule has 0 aliphatic heterocycles. The number of carbonyl (C=O) groups excluding carboxylic acids is 1. The van der Waals surface area contributed by atoms with E-state index in [4.69, 9.17) is 4.84 Å². The molecule has 2 N–H and O–H groups in total. The van der Waals surface area contributed by atoms with E-state index in [0.29, 0.717) is 13.2 Å². The van der Waals surface area contributed by atoms with Crippen molar-refractivity contribution >= 4 is 6.03 Å². The average molecular weight is 260 g/mol. The average Bonchev–Trinajstić information content (AvgIpc) is 2.83. The summed E-state index contributed by atoms with van der Waals surface area (Å²) in [4.78, 5) is 16.6. The Morgan fingerprint density at radius 2 is 2.11 bits per heavy atom. The van der Waals surface area contributed by atoms with Crippen LogP contribution in [-0.4, -0.2) is 15.8 Å². The number of aryl methyl sites for hydroxylation is 1. The molecule has 1 aromatic heterocycles. The first-order valence-electron chi connectivity index (χ1n) is 5.92. The molecule has 6 nitrogen and oxygen atoms in total. The van der Waals surface area contributed by atoms with Gasteiger partial charge < -0.3 is 5.32 Å². The summed E-state index contributed by atoms with van der Waals surface area (Å²) < 4.78 is 1.70. The summed E-state index contributed by atoms with van der Waals surface area (Å²) in [6, 6.07) is 11.1. The van der Waals surface area contributed by atoms with Crippen molar-refractivity contribution < 1.29 is 9.63 Å². The lowest BCUT2D eigenvalue weighted by molar-refractivity contribution is 0.0489. The standard InChI is InChI=1S/C13H16N4O2/c1-17-12(7-8-15-17)9-14-13(18)16-19-10-11-5-3-2-4-6-11/h2-8H,9-10H2,1H3,(H2,14,16,18). The molecular weight excluding hydrogens is 244 g/mol. The molecular formula is C13H16N4O2. The van der Waals surface area contributed by atoms with Gasteiger partial charge in [-0.3, -0.25) is 9.52 Å². The predicted molar refractivity (Wildman–Crippen MR) is 69.8 cm³/mol. The second-order valence-corrected chi connectivity index (χ2v) is 4.01. The number of hydroxylamine groups is 1. The van der Waals surface area contributed by atoms with Gasteiger partial charge in [-0.05, 0) is 11.6 Å². The van der Waals surface area contributed by atoms with Crippen molar-refractivity contribution in [3.8, 4) is 0 Å². The molecule has 19 heavy (non-hydrogen) atoms. The normalized spacial score (nSPS) is 10.2. The molecule has 0 saturated heterocycles. The van der Waals surface area contributed by atoms with Crippen LogP contribution in [0.2, 0.25) is 0 Å². The van der Waals surface area contributed by atoms with Crippen LogP contribution in [0.5, 0.6) is 0 Å². The Kier molecular flexibility index (Phi) is 4.52. The molecule has 6 heteroatoms. The highest BCUT2D eigenvalue weighted by Crippen LogP contribution is 1.99. The van der Waals surface area contributed by atoms with E-state index < -0.39 is 0 Å². The zero-order valence-electron chi connectivity index (χ0n) is 10.7. The van der Waals surface area contributed by atoms with E-state index in [2.05, 4.69) is 15.9 Å². The largest absolute Gasteiger partial charge is 0.339 e. The molecule has 100 valence electrons. The third-order valence-corrected chi connectivity index (χ3v) is 2.60. The first-order chi connectivity index (χ1) is 9.25. The van der Waals surface area contributed by atoms with Gasteiger partial charge in [-0.2, -0.15) is 5.10 Å². The van der Waals surface area contributed by atoms with Gasteiger partial charge in [-0.25, -0.2) is 10.3 Å². The number of hydrogen-bond acceptors (Lipinski definition) is 3. The molecule has 0 atom stereocenters. The Bertz CT molecular complexity index is 524. The molecule has 1 heterocycles. The van der Waals surface area contributed by atoms with E-state index >= 15 is 0 Å². The smallest absolute Gasteiger partial charge is 0.331 e. The third-order valence-electron chi connectivity index (χ3n) is 2.60. The second-order valence-electron chi connectivity index (χ2n) is 4.01. The highest BCUT2D eigenvalue weighted by atomic mass is 16.7. The number of carbonyl (C=O) groups is 1. The van der Waals surface area contributed by atoms with Gasteiger partial charge in [0.15, 0.2) is 0 Å². The summed E-state index contributed by atoms with van der Waals surface area (Å²) in [5.74, 6) is 0. The number of hydrogen-bond donors (Lipinski definition) is 2. The monoisotopic (exact) mass is 260 g/mol. The maximum atomic E-state index is 11.5. The van der Waals surface area contributed by atoms with Crippen LogP contribution < -0.4 is 10.8 Å². The summed E-state index contributed by atoms with van der Waals surface area (Å²) in [7, 11) is 1.82. The molecule has 0 saturated carbocycles. The Hall–Kier alpha value is -2.34. The van der Waals surface area contributed by atoms with Crippen molar-refractivity contribution in [2.45, 2.75) is 13.2 Å².